The maximum Gasteiger partial charge on any atom is 0.0956 e. The van der Waals surface area contributed by atoms with Gasteiger partial charge in [0, 0.05) is 22.9 Å². The zero-order chi connectivity index (χ0) is 12.3. The van der Waals surface area contributed by atoms with E-state index >= 15 is 0 Å². The van der Waals surface area contributed by atoms with Gasteiger partial charge in [-0.2, -0.15) is 0 Å². The van der Waals surface area contributed by atoms with Gasteiger partial charge in [-0.25, -0.2) is 4.98 Å². The molecule has 0 aromatic carbocycles. The molecule has 1 aromatic rings. The average Bonchev–Trinajstić information content (AvgIpc) is 2.60. The number of aliphatic hydroxyl groups excluding tert-OH is 1. The highest BCUT2D eigenvalue weighted by atomic mass is 32.1. The molecule has 0 aliphatic heterocycles. The van der Waals surface area contributed by atoms with E-state index in [1.165, 1.54) is 9.88 Å². The Morgan fingerprint density at radius 2 is 1.94 bits per heavy atom. The summed E-state index contributed by atoms with van der Waals surface area (Å²) in [6.07, 6.45) is 0. The Kier molecular flexibility index (Phi) is 4.89. The maximum atomic E-state index is 9.02. The van der Waals surface area contributed by atoms with Crippen LogP contribution in [0.25, 0.3) is 0 Å². The maximum absolute atomic E-state index is 9.02. The summed E-state index contributed by atoms with van der Waals surface area (Å²) in [5.41, 5.74) is 1.11. The van der Waals surface area contributed by atoms with Crippen molar-refractivity contribution in [3.8, 4) is 0 Å². The van der Waals surface area contributed by atoms with Crippen molar-refractivity contribution in [1.29, 1.82) is 0 Å². The van der Waals surface area contributed by atoms with Crippen LogP contribution in [0.15, 0.2) is 0 Å². The minimum atomic E-state index is 0.124. The molecule has 4 heteroatoms. The molecule has 3 nitrogen and oxygen atoms in total. The molecule has 0 aliphatic rings. The van der Waals surface area contributed by atoms with Crippen molar-refractivity contribution in [2.45, 2.75) is 52.6 Å². The molecular weight excluding hydrogens is 220 g/mol. The molecule has 1 rings (SSSR count). The highest BCUT2D eigenvalue weighted by Gasteiger charge is 2.16. The molecule has 2 atom stereocenters. The Morgan fingerprint density at radius 3 is 2.38 bits per heavy atom. The Labute approximate surface area is 102 Å². The van der Waals surface area contributed by atoms with E-state index in [2.05, 4.69) is 38.0 Å². The van der Waals surface area contributed by atoms with Gasteiger partial charge in [-0.15, -0.1) is 11.3 Å². The van der Waals surface area contributed by atoms with Gasteiger partial charge in [-0.1, -0.05) is 13.8 Å². The van der Waals surface area contributed by atoms with Gasteiger partial charge in [-0.05, 0) is 20.8 Å². The van der Waals surface area contributed by atoms with Crippen LogP contribution in [0.2, 0.25) is 0 Å². The highest BCUT2D eigenvalue weighted by molar-refractivity contribution is 7.11. The van der Waals surface area contributed by atoms with Crippen molar-refractivity contribution in [1.82, 2.24) is 10.3 Å². The molecule has 0 bridgehead atoms. The first-order valence-electron chi connectivity index (χ1n) is 5.79. The Morgan fingerprint density at radius 1 is 1.31 bits per heavy atom. The van der Waals surface area contributed by atoms with E-state index in [9.17, 15) is 0 Å². The van der Waals surface area contributed by atoms with Crippen molar-refractivity contribution in [3.63, 3.8) is 0 Å². The molecule has 0 saturated heterocycles. The van der Waals surface area contributed by atoms with E-state index in [1.54, 1.807) is 11.3 Å². The Hall–Kier alpha value is -0.450. The third kappa shape index (κ3) is 3.27. The van der Waals surface area contributed by atoms with Gasteiger partial charge in [0.15, 0.2) is 0 Å². The number of aliphatic hydroxyl groups is 1. The highest BCUT2D eigenvalue weighted by Crippen LogP contribution is 2.29. The molecule has 0 fully saturated rings. The van der Waals surface area contributed by atoms with Crippen molar-refractivity contribution in [3.05, 3.63) is 15.6 Å². The fraction of sp³-hybridized carbons (Fsp3) is 0.750. The summed E-state index contributed by atoms with van der Waals surface area (Å²) in [4.78, 5) is 5.86. The summed E-state index contributed by atoms with van der Waals surface area (Å²) in [6, 6.07) is 0.381. The van der Waals surface area contributed by atoms with Gasteiger partial charge >= 0.3 is 0 Å². The number of rotatable bonds is 5. The number of thiazole rings is 1. The first-order chi connectivity index (χ1) is 7.45. The van der Waals surface area contributed by atoms with Gasteiger partial charge in [0.05, 0.1) is 17.3 Å². The standard InChI is InChI=1S/C12H22N2OS/c1-7(2)12-14-10(5)11(16-12)9(4)13-8(3)6-15/h7-9,13,15H,6H2,1-5H3/t8-,9?/m0/s1. The van der Waals surface area contributed by atoms with Gasteiger partial charge < -0.3 is 10.4 Å². The zero-order valence-electron chi connectivity index (χ0n) is 10.7. The second kappa shape index (κ2) is 5.75. The topological polar surface area (TPSA) is 45.2 Å². The summed E-state index contributed by atoms with van der Waals surface area (Å²) >= 11 is 1.77. The number of nitrogens with zero attached hydrogens (tertiary/aromatic N) is 1. The number of hydrogen-bond donors (Lipinski definition) is 2. The smallest absolute Gasteiger partial charge is 0.0956 e. The van der Waals surface area contributed by atoms with Crippen molar-refractivity contribution in [2.75, 3.05) is 6.61 Å². The molecule has 0 saturated carbocycles. The fourth-order valence-corrected chi connectivity index (χ4v) is 2.72. The quantitative estimate of drug-likeness (QED) is 0.834. The van der Waals surface area contributed by atoms with Gasteiger partial charge in [-0.3, -0.25) is 0 Å². The molecule has 0 spiro atoms. The van der Waals surface area contributed by atoms with Gasteiger partial charge in [0.2, 0.25) is 0 Å². The molecule has 0 aliphatic carbocycles. The van der Waals surface area contributed by atoms with Crippen LogP contribution in [0.4, 0.5) is 0 Å². The molecule has 16 heavy (non-hydrogen) atoms. The van der Waals surface area contributed by atoms with Gasteiger partial charge in [0.25, 0.3) is 0 Å². The van der Waals surface area contributed by atoms with Crippen LogP contribution in [0, 0.1) is 6.92 Å². The van der Waals surface area contributed by atoms with Crippen LogP contribution in [-0.2, 0) is 0 Å². The second-order valence-electron chi connectivity index (χ2n) is 4.63. The van der Waals surface area contributed by atoms with Crippen LogP contribution in [0.5, 0.6) is 0 Å². The lowest BCUT2D eigenvalue weighted by Gasteiger charge is -2.17. The lowest BCUT2D eigenvalue weighted by atomic mass is 10.2. The number of nitrogens with one attached hydrogen (secondary N) is 1. The number of hydrogen-bond acceptors (Lipinski definition) is 4. The summed E-state index contributed by atoms with van der Waals surface area (Å²) < 4.78 is 0. The predicted molar refractivity (Wildman–Crippen MR) is 69.0 cm³/mol. The minimum Gasteiger partial charge on any atom is -0.395 e. The summed E-state index contributed by atoms with van der Waals surface area (Å²) in [6.45, 7) is 10.7. The summed E-state index contributed by atoms with van der Waals surface area (Å²) in [5.74, 6) is 0.486. The van der Waals surface area contributed by atoms with E-state index in [4.69, 9.17) is 5.11 Å². The average molecular weight is 242 g/mol. The molecule has 92 valence electrons. The van der Waals surface area contributed by atoms with Gasteiger partial charge in [0.1, 0.15) is 0 Å². The van der Waals surface area contributed by atoms with Crippen molar-refractivity contribution < 1.29 is 5.11 Å². The minimum absolute atomic E-state index is 0.124. The van der Waals surface area contributed by atoms with Crippen LogP contribution in [-0.4, -0.2) is 22.7 Å². The normalized spacial score (nSPS) is 15.4. The van der Waals surface area contributed by atoms with E-state index < -0.39 is 0 Å². The first kappa shape index (κ1) is 13.6. The summed E-state index contributed by atoms with van der Waals surface area (Å²) in [5, 5.41) is 13.6. The Balaban J connectivity index is 2.78. The van der Waals surface area contributed by atoms with Crippen LogP contribution in [0.3, 0.4) is 0 Å². The molecule has 1 heterocycles. The third-order valence-corrected chi connectivity index (χ3v) is 4.19. The number of aryl methyl sites for hydroxylation is 1. The van der Waals surface area contributed by atoms with E-state index in [0.717, 1.165) is 5.69 Å². The lowest BCUT2D eigenvalue weighted by Crippen LogP contribution is -2.31. The summed E-state index contributed by atoms with van der Waals surface area (Å²) in [7, 11) is 0. The van der Waals surface area contributed by atoms with Crippen molar-refractivity contribution >= 4 is 11.3 Å². The molecule has 2 N–H and O–H groups in total. The molecular formula is C12H22N2OS. The Bertz CT molecular complexity index is 336. The van der Waals surface area contributed by atoms with Crippen LogP contribution < -0.4 is 5.32 Å². The molecule has 0 amide bonds. The second-order valence-corrected chi connectivity index (χ2v) is 5.69. The zero-order valence-corrected chi connectivity index (χ0v) is 11.6. The molecule has 0 radical (unpaired) electrons. The lowest BCUT2D eigenvalue weighted by molar-refractivity contribution is 0.243. The van der Waals surface area contributed by atoms with Crippen LogP contribution >= 0.6 is 11.3 Å². The van der Waals surface area contributed by atoms with E-state index in [1.807, 2.05) is 6.92 Å². The SMILES string of the molecule is Cc1nc(C(C)C)sc1C(C)N[C@@H](C)CO. The monoisotopic (exact) mass is 242 g/mol. The predicted octanol–water partition coefficient (Wildman–Crippen LogP) is 2.61. The number of aromatic nitrogens is 1. The fourth-order valence-electron chi connectivity index (χ4n) is 1.63. The largest absolute Gasteiger partial charge is 0.395 e. The van der Waals surface area contributed by atoms with E-state index in [0.29, 0.717) is 5.92 Å². The van der Waals surface area contributed by atoms with Crippen LogP contribution in [0.1, 0.15) is 55.2 Å². The van der Waals surface area contributed by atoms with Crippen molar-refractivity contribution in [2.24, 2.45) is 0 Å². The molecule has 1 unspecified atom stereocenters. The first-order valence-corrected chi connectivity index (χ1v) is 6.61. The molecule has 1 aromatic heterocycles. The van der Waals surface area contributed by atoms with E-state index in [-0.39, 0.29) is 18.7 Å². The third-order valence-electron chi connectivity index (χ3n) is 2.54.